The fourth-order valence-electron chi connectivity index (χ4n) is 1.84. The first-order valence-corrected chi connectivity index (χ1v) is 5.73. The van der Waals surface area contributed by atoms with E-state index in [1.54, 1.807) is 0 Å². The van der Waals surface area contributed by atoms with Crippen molar-refractivity contribution < 1.29 is 4.48 Å². The lowest BCUT2D eigenvalue weighted by Gasteiger charge is -2.24. The smallest absolute Gasteiger partial charge is 0.0907 e. The fourth-order valence-corrected chi connectivity index (χ4v) is 1.84. The van der Waals surface area contributed by atoms with Gasteiger partial charge in [0.1, 0.15) is 0 Å². The average molecular weight is 200 g/mol. The van der Waals surface area contributed by atoms with Crippen molar-refractivity contribution in [3.63, 3.8) is 0 Å². The predicted octanol–water partition coefficient (Wildman–Crippen LogP) is 0.280. The van der Waals surface area contributed by atoms with Gasteiger partial charge in [-0.2, -0.15) is 0 Å². The summed E-state index contributed by atoms with van der Waals surface area (Å²) in [6.07, 6.45) is 1.34. The maximum atomic E-state index is 3.54. The van der Waals surface area contributed by atoms with Gasteiger partial charge in [-0.15, -0.1) is 0 Å². The van der Waals surface area contributed by atoms with Gasteiger partial charge in [-0.1, -0.05) is 6.92 Å². The van der Waals surface area contributed by atoms with Gasteiger partial charge in [0, 0.05) is 19.1 Å². The molecule has 2 N–H and O–H groups in total. The summed E-state index contributed by atoms with van der Waals surface area (Å²) < 4.78 is 1.04. The van der Waals surface area contributed by atoms with Crippen LogP contribution in [0.1, 0.15) is 13.3 Å². The van der Waals surface area contributed by atoms with Gasteiger partial charge in [-0.25, -0.2) is 0 Å². The average Bonchev–Trinajstić information content (AvgIpc) is 2.44. The number of nitrogens with zero attached hydrogens (tertiary/aromatic N) is 1. The van der Waals surface area contributed by atoms with Crippen molar-refractivity contribution in [2.75, 3.05) is 47.3 Å². The van der Waals surface area contributed by atoms with E-state index in [0.29, 0.717) is 6.04 Å². The molecule has 84 valence electrons. The Morgan fingerprint density at radius 2 is 2.07 bits per heavy atom. The molecule has 1 fully saturated rings. The monoisotopic (exact) mass is 200 g/mol. The second kappa shape index (κ2) is 5.10. The lowest BCUT2D eigenvalue weighted by molar-refractivity contribution is -0.869. The highest BCUT2D eigenvalue weighted by atomic mass is 15.3. The molecule has 3 heteroatoms. The number of quaternary nitrogens is 1. The number of hydrogen-bond donors (Lipinski definition) is 2. The maximum Gasteiger partial charge on any atom is 0.0907 e. The molecule has 0 aromatic heterocycles. The van der Waals surface area contributed by atoms with Gasteiger partial charge < -0.3 is 15.1 Å². The molecule has 2 unspecified atom stereocenters. The summed E-state index contributed by atoms with van der Waals surface area (Å²) in [4.78, 5) is 0. The molecule has 1 saturated heterocycles. The topological polar surface area (TPSA) is 24.1 Å². The normalized spacial score (nSPS) is 28.3. The van der Waals surface area contributed by atoms with E-state index in [-0.39, 0.29) is 0 Å². The Balaban J connectivity index is 2.04. The zero-order valence-electron chi connectivity index (χ0n) is 10.1. The highest BCUT2D eigenvalue weighted by Gasteiger charge is 2.21. The molecule has 0 bridgehead atoms. The van der Waals surface area contributed by atoms with Crippen molar-refractivity contribution in [2.45, 2.75) is 19.4 Å². The Bertz CT molecular complexity index is 162. The largest absolute Gasteiger partial charge is 0.330 e. The molecule has 3 nitrogen and oxygen atoms in total. The van der Waals surface area contributed by atoms with Crippen LogP contribution in [0.5, 0.6) is 0 Å². The van der Waals surface area contributed by atoms with Crippen molar-refractivity contribution in [3.8, 4) is 0 Å². The first-order valence-electron chi connectivity index (χ1n) is 5.73. The molecule has 0 aromatic rings. The summed E-state index contributed by atoms with van der Waals surface area (Å²) >= 11 is 0. The standard InChI is InChI=1S/C11H26N3/c1-10-5-6-13-11(10)9-12-7-8-14(2,3)4/h10-13H,5-9H2,1-4H3/q+1. The molecule has 1 aliphatic heterocycles. The van der Waals surface area contributed by atoms with Crippen LogP contribution >= 0.6 is 0 Å². The molecule has 0 spiro atoms. The van der Waals surface area contributed by atoms with E-state index in [2.05, 4.69) is 38.7 Å². The maximum absolute atomic E-state index is 3.54. The van der Waals surface area contributed by atoms with Gasteiger partial charge in [-0.3, -0.25) is 0 Å². The second-order valence-electron chi connectivity index (χ2n) is 5.54. The second-order valence-corrected chi connectivity index (χ2v) is 5.54. The Hall–Kier alpha value is -0.120. The lowest BCUT2D eigenvalue weighted by Crippen LogP contribution is -2.44. The third-order valence-corrected chi connectivity index (χ3v) is 3.02. The summed E-state index contributed by atoms with van der Waals surface area (Å²) in [5.41, 5.74) is 0. The van der Waals surface area contributed by atoms with Crippen molar-refractivity contribution in [2.24, 2.45) is 5.92 Å². The quantitative estimate of drug-likeness (QED) is 0.492. The minimum Gasteiger partial charge on any atom is -0.330 e. The Kier molecular flexibility index (Phi) is 4.35. The molecule has 0 radical (unpaired) electrons. The zero-order valence-corrected chi connectivity index (χ0v) is 10.1. The molecule has 1 rings (SSSR count). The van der Waals surface area contributed by atoms with Crippen LogP contribution in [0.25, 0.3) is 0 Å². The van der Waals surface area contributed by atoms with E-state index in [1.165, 1.54) is 19.5 Å². The first kappa shape index (κ1) is 12.0. The highest BCUT2D eigenvalue weighted by Crippen LogP contribution is 2.12. The van der Waals surface area contributed by atoms with Crippen LogP contribution in [-0.4, -0.2) is 57.8 Å². The molecule has 1 aliphatic rings. The summed E-state index contributed by atoms with van der Waals surface area (Å²) in [5, 5.41) is 7.07. The van der Waals surface area contributed by atoms with Crippen molar-refractivity contribution in [1.82, 2.24) is 10.6 Å². The van der Waals surface area contributed by atoms with Gasteiger partial charge >= 0.3 is 0 Å². The summed E-state index contributed by atoms with van der Waals surface area (Å²) in [5.74, 6) is 0.839. The van der Waals surface area contributed by atoms with E-state index in [1.807, 2.05) is 0 Å². The minimum atomic E-state index is 0.697. The Morgan fingerprint density at radius 3 is 2.57 bits per heavy atom. The number of hydrogen-bond acceptors (Lipinski definition) is 2. The number of likely N-dealkylation sites (N-methyl/N-ethyl adjacent to an activating group) is 1. The molecule has 2 atom stereocenters. The molecule has 0 amide bonds. The van der Waals surface area contributed by atoms with Crippen LogP contribution in [0.3, 0.4) is 0 Å². The Morgan fingerprint density at radius 1 is 1.36 bits per heavy atom. The van der Waals surface area contributed by atoms with Crippen LogP contribution in [0.4, 0.5) is 0 Å². The summed E-state index contributed by atoms with van der Waals surface area (Å²) in [6, 6.07) is 0.697. The fraction of sp³-hybridized carbons (Fsp3) is 1.00. The van der Waals surface area contributed by atoms with Crippen LogP contribution in [0.15, 0.2) is 0 Å². The van der Waals surface area contributed by atoms with Gasteiger partial charge in [0.05, 0.1) is 27.7 Å². The summed E-state index contributed by atoms with van der Waals surface area (Å²) in [7, 11) is 6.70. The van der Waals surface area contributed by atoms with E-state index >= 15 is 0 Å². The van der Waals surface area contributed by atoms with E-state index in [4.69, 9.17) is 0 Å². The lowest BCUT2D eigenvalue weighted by atomic mass is 10.0. The van der Waals surface area contributed by atoms with Crippen molar-refractivity contribution >= 4 is 0 Å². The van der Waals surface area contributed by atoms with Gasteiger partial charge in [0.15, 0.2) is 0 Å². The number of rotatable bonds is 5. The summed E-state index contributed by atoms with van der Waals surface area (Å²) in [6.45, 7) is 6.98. The van der Waals surface area contributed by atoms with Crippen LogP contribution in [0.2, 0.25) is 0 Å². The van der Waals surface area contributed by atoms with E-state index in [9.17, 15) is 0 Å². The van der Waals surface area contributed by atoms with E-state index < -0.39 is 0 Å². The van der Waals surface area contributed by atoms with Gasteiger partial charge in [0.25, 0.3) is 0 Å². The van der Waals surface area contributed by atoms with Crippen molar-refractivity contribution in [1.29, 1.82) is 0 Å². The first-order chi connectivity index (χ1) is 6.49. The van der Waals surface area contributed by atoms with Gasteiger partial charge in [-0.05, 0) is 18.9 Å². The third-order valence-electron chi connectivity index (χ3n) is 3.02. The minimum absolute atomic E-state index is 0.697. The van der Waals surface area contributed by atoms with Crippen LogP contribution in [0, 0.1) is 5.92 Å². The van der Waals surface area contributed by atoms with Crippen LogP contribution < -0.4 is 10.6 Å². The molecular weight excluding hydrogens is 174 g/mol. The van der Waals surface area contributed by atoms with Crippen LogP contribution in [-0.2, 0) is 0 Å². The van der Waals surface area contributed by atoms with E-state index in [0.717, 1.165) is 23.5 Å². The molecule has 0 aliphatic carbocycles. The molecular formula is C11H26N3+. The molecule has 1 heterocycles. The Labute approximate surface area is 88.5 Å². The predicted molar refractivity (Wildman–Crippen MR) is 61.3 cm³/mol. The van der Waals surface area contributed by atoms with Crippen molar-refractivity contribution in [3.05, 3.63) is 0 Å². The molecule has 0 aromatic carbocycles. The zero-order chi connectivity index (χ0) is 10.6. The SMILES string of the molecule is CC1CCNC1CNCC[N+](C)(C)C. The molecule has 0 saturated carbocycles. The number of nitrogens with one attached hydrogen (secondary N) is 2. The highest BCUT2D eigenvalue weighted by molar-refractivity contribution is 4.82. The molecule has 14 heavy (non-hydrogen) atoms. The van der Waals surface area contributed by atoms with Gasteiger partial charge in [0.2, 0.25) is 0 Å². The third kappa shape index (κ3) is 4.40.